The van der Waals surface area contributed by atoms with E-state index in [4.69, 9.17) is 0 Å². The molecule has 1 N–H and O–H groups in total. The van der Waals surface area contributed by atoms with Crippen molar-refractivity contribution >= 4 is 27.5 Å². The number of aryl methyl sites for hydroxylation is 2. The number of hydrogen-bond donors (Lipinski definition) is 1. The van der Waals surface area contributed by atoms with E-state index in [1.54, 1.807) is 13.8 Å². The molecule has 1 aliphatic heterocycles. The second-order valence-electron chi connectivity index (χ2n) is 9.87. The van der Waals surface area contributed by atoms with Gasteiger partial charge in [0, 0.05) is 18.3 Å². The van der Waals surface area contributed by atoms with E-state index < -0.39 is 15.6 Å². The SMILES string of the molecule is CCCS(=O)(=O)N1CC(=O)N(c2ccc(C)c(C)c2)[C@](C)(C(=O)NC2CCCCCCC2)C1. The van der Waals surface area contributed by atoms with Gasteiger partial charge in [0.1, 0.15) is 5.54 Å². The minimum atomic E-state index is -3.63. The van der Waals surface area contributed by atoms with Crippen LogP contribution < -0.4 is 10.2 Å². The Morgan fingerprint density at radius 2 is 1.73 bits per heavy atom. The molecule has 1 aromatic carbocycles. The van der Waals surface area contributed by atoms with Crippen LogP contribution in [-0.2, 0) is 19.6 Å². The van der Waals surface area contributed by atoms with E-state index in [-0.39, 0.29) is 36.7 Å². The van der Waals surface area contributed by atoms with Gasteiger partial charge in [0.15, 0.2) is 0 Å². The molecule has 0 aromatic heterocycles. The molecule has 0 spiro atoms. The lowest BCUT2D eigenvalue weighted by molar-refractivity contribution is -0.133. The summed E-state index contributed by atoms with van der Waals surface area (Å²) in [6.45, 7) is 7.17. The van der Waals surface area contributed by atoms with Crippen LogP contribution in [0.4, 0.5) is 5.69 Å². The molecule has 1 aromatic rings. The number of piperazine rings is 1. The molecule has 1 saturated heterocycles. The molecule has 1 aliphatic carbocycles. The maximum Gasteiger partial charge on any atom is 0.247 e. The molecule has 1 saturated carbocycles. The highest BCUT2D eigenvalue weighted by Gasteiger charge is 2.51. The predicted octanol–water partition coefficient (Wildman–Crippen LogP) is 3.68. The maximum absolute atomic E-state index is 13.8. The molecule has 2 fully saturated rings. The zero-order chi connectivity index (χ0) is 24.2. The van der Waals surface area contributed by atoms with Gasteiger partial charge in [-0.1, -0.05) is 45.1 Å². The highest BCUT2D eigenvalue weighted by Crippen LogP contribution is 2.32. The fraction of sp³-hybridized carbons (Fsp3) is 0.680. The molecule has 2 aliphatic rings. The van der Waals surface area contributed by atoms with E-state index >= 15 is 0 Å². The summed E-state index contributed by atoms with van der Waals surface area (Å²) in [7, 11) is -3.63. The number of amides is 2. The molecule has 7 nitrogen and oxygen atoms in total. The molecule has 0 unspecified atom stereocenters. The number of carbonyl (C=O) groups excluding carboxylic acids is 2. The van der Waals surface area contributed by atoms with E-state index in [0.717, 1.165) is 36.8 Å². The Morgan fingerprint density at radius 3 is 2.33 bits per heavy atom. The smallest absolute Gasteiger partial charge is 0.247 e. The van der Waals surface area contributed by atoms with Gasteiger partial charge >= 0.3 is 0 Å². The first kappa shape index (κ1) is 25.7. The van der Waals surface area contributed by atoms with Crippen molar-refractivity contribution in [1.82, 2.24) is 9.62 Å². The van der Waals surface area contributed by atoms with Crippen LogP contribution >= 0.6 is 0 Å². The Labute approximate surface area is 199 Å². The van der Waals surface area contributed by atoms with Crippen molar-refractivity contribution in [2.75, 3.05) is 23.7 Å². The fourth-order valence-corrected chi connectivity index (χ4v) is 6.49. The fourth-order valence-electron chi connectivity index (χ4n) is 4.96. The van der Waals surface area contributed by atoms with Crippen LogP contribution in [0, 0.1) is 13.8 Å². The summed E-state index contributed by atoms with van der Waals surface area (Å²) >= 11 is 0. The van der Waals surface area contributed by atoms with Crippen molar-refractivity contribution in [3.05, 3.63) is 29.3 Å². The number of carbonyl (C=O) groups is 2. The van der Waals surface area contributed by atoms with Crippen molar-refractivity contribution in [2.45, 2.75) is 90.6 Å². The molecule has 1 heterocycles. The average Bonchev–Trinajstić information content (AvgIpc) is 2.71. The van der Waals surface area contributed by atoms with Gasteiger partial charge in [0.05, 0.1) is 12.3 Å². The lowest BCUT2D eigenvalue weighted by Crippen LogP contribution is -2.71. The van der Waals surface area contributed by atoms with Crippen molar-refractivity contribution in [2.24, 2.45) is 0 Å². The Kier molecular flexibility index (Phi) is 8.22. The molecular weight excluding hydrogens is 438 g/mol. The van der Waals surface area contributed by atoms with Gasteiger partial charge in [-0.05, 0) is 63.3 Å². The van der Waals surface area contributed by atoms with Gasteiger partial charge in [-0.15, -0.1) is 0 Å². The zero-order valence-corrected chi connectivity index (χ0v) is 21.3. The first-order chi connectivity index (χ1) is 15.6. The quantitative estimate of drug-likeness (QED) is 0.677. The Balaban J connectivity index is 1.97. The first-order valence-electron chi connectivity index (χ1n) is 12.3. The van der Waals surface area contributed by atoms with Crippen LogP contribution in [0.3, 0.4) is 0 Å². The van der Waals surface area contributed by atoms with Gasteiger partial charge in [-0.3, -0.25) is 14.5 Å². The highest BCUT2D eigenvalue weighted by molar-refractivity contribution is 7.89. The highest BCUT2D eigenvalue weighted by atomic mass is 32.2. The minimum Gasteiger partial charge on any atom is -0.351 e. The van der Waals surface area contributed by atoms with Crippen LogP contribution in [0.1, 0.15) is 76.3 Å². The lowest BCUT2D eigenvalue weighted by Gasteiger charge is -2.47. The molecule has 1 atom stereocenters. The topological polar surface area (TPSA) is 86.8 Å². The molecule has 0 bridgehead atoms. The van der Waals surface area contributed by atoms with Gasteiger partial charge in [0.2, 0.25) is 21.8 Å². The second-order valence-corrected chi connectivity index (χ2v) is 12.0. The number of nitrogens with zero attached hydrogens (tertiary/aromatic N) is 2. The van der Waals surface area contributed by atoms with Crippen molar-refractivity contribution in [1.29, 1.82) is 0 Å². The summed E-state index contributed by atoms with van der Waals surface area (Å²) in [5.41, 5.74) is 1.41. The van der Waals surface area contributed by atoms with Crippen LogP contribution in [0.15, 0.2) is 18.2 Å². The third-order valence-electron chi connectivity index (χ3n) is 7.07. The van der Waals surface area contributed by atoms with Crippen LogP contribution in [0.2, 0.25) is 0 Å². The third kappa shape index (κ3) is 5.77. The number of rotatable bonds is 6. The minimum absolute atomic E-state index is 0.0375. The summed E-state index contributed by atoms with van der Waals surface area (Å²) in [6.07, 6.45) is 7.99. The third-order valence-corrected chi connectivity index (χ3v) is 9.04. The van der Waals surface area contributed by atoms with Gasteiger partial charge in [-0.25, -0.2) is 8.42 Å². The molecule has 0 radical (unpaired) electrons. The first-order valence-corrected chi connectivity index (χ1v) is 13.9. The van der Waals surface area contributed by atoms with E-state index in [1.807, 2.05) is 32.0 Å². The zero-order valence-electron chi connectivity index (χ0n) is 20.5. The largest absolute Gasteiger partial charge is 0.351 e. The predicted molar refractivity (Wildman–Crippen MR) is 132 cm³/mol. The van der Waals surface area contributed by atoms with E-state index in [1.165, 1.54) is 28.5 Å². The van der Waals surface area contributed by atoms with Crippen molar-refractivity contribution < 1.29 is 18.0 Å². The van der Waals surface area contributed by atoms with E-state index in [0.29, 0.717) is 12.1 Å². The lowest BCUT2D eigenvalue weighted by atomic mass is 9.91. The Morgan fingerprint density at radius 1 is 1.09 bits per heavy atom. The summed E-state index contributed by atoms with van der Waals surface area (Å²) in [5, 5.41) is 3.19. The second kappa shape index (κ2) is 10.6. The molecule has 33 heavy (non-hydrogen) atoms. The van der Waals surface area contributed by atoms with Crippen LogP contribution in [-0.4, -0.2) is 55.0 Å². The summed E-state index contributed by atoms with van der Waals surface area (Å²) in [6, 6.07) is 5.74. The standard InChI is InChI=1S/C25H39N3O4S/c1-5-15-33(31,32)27-17-23(29)28(22-14-13-19(2)20(3)16-22)25(4,18-27)24(30)26-21-11-9-7-6-8-10-12-21/h13-14,16,21H,5-12,15,17-18H2,1-4H3,(H,26,30)/t25-/m0/s1. The summed E-state index contributed by atoms with van der Waals surface area (Å²) in [4.78, 5) is 28.7. The number of nitrogens with one attached hydrogen (secondary N) is 1. The number of anilines is 1. The monoisotopic (exact) mass is 477 g/mol. The number of benzene rings is 1. The number of sulfonamides is 1. The van der Waals surface area contributed by atoms with Crippen LogP contribution in [0.5, 0.6) is 0 Å². The molecule has 184 valence electrons. The van der Waals surface area contributed by atoms with Crippen molar-refractivity contribution in [3.63, 3.8) is 0 Å². The molecule has 8 heteroatoms. The van der Waals surface area contributed by atoms with Gasteiger partial charge in [-0.2, -0.15) is 4.31 Å². The Bertz CT molecular complexity index is 970. The van der Waals surface area contributed by atoms with Gasteiger partial charge in [0.25, 0.3) is 0 Å². The molecule has 2 amide bonds. The average molecular weight is 478 g/mol. The molecule has 3 rings (SSSR count). The van der Waals surface area contributed by atoms with E-state index in [9.17, 15) is 18.0 Å². The number of hydrogen-bond acceptors (Lipinski definition) is 4. The van der Waals surface area contributed by atoms with Crippen LogP contribution in [0.25, 0.3) is 0 Å². The normalized spacial score (nSPS) is 23.8. The van der Waals surface area contributed by atoms with Crippen molar-refractivity contribution in [3.8, 4) is 0 Å². The van der Waals surface area contributed by atoms with E-state index in [2.05, 4.69) is 5.32 Å². The summed E-state index contributed by atoms with van der Waals surface area (Å²) < 4.78 is 27.0. The van der Waals surface area contributed by atoms with Gasteiger partial charge < -0.3 is 5.32 Å². The Hall–Kier alpha value is -1.93. The summed E-state index contributed by atoms with van der Waals surface area (Å²) in [5.74, 6) is -0.694. The maximum atomic E-state index is 13.8. The molecular formula is C25H39N3O4S.